The van der Waals surface area contributed by atoms with Crippen molar-refractivity contribution in [2.24, 2.45) is 5.92 Å². The van der Waals surface area contributed by atoms with Crippen LogP contribution in [0.1, 0.15) is 45.0 Å². The van der Waals surface area contributed by atoms with E-state index in [1.54, 1.807) is 0 Å². The fourth-order valence-electron chi connectivity index (χ4n) is 2.96. The summed E-state index contributed by atoms with van der Waals surface area (Å²) < 4.78 is 0. The van der Waals surface area contributed by atoms with E-state index in [4.69, 9.17) is 0 Å². The van der Waals surface area contributed by atoms with E-state index in [-0.39, 0.29) is 0 Å². The zero-order chi connectivity index (χ0) is 14.5. The summed E-state index contributed by atoms with van der Waals surface area (Å²) in [4.78, 5) is 11.4. The molecule has 4 heteroatoms. The van der Waals surface area contributed by atoms with Gasteiger partial charge in [0.05, 0.1) is 11.4 Å². The molecule has 1 aliphatic heterocycles. The van der Waals surface area contributed by atoms with Crippen LogP contribution in [0.5, 0.6) is 0 Å². The highest BCUT2D eigenvalue weighted by molar-refractivity contribution is 5.01. The number of rotatable bonds is 5. The topological polar surface area (TPSA) is 41.0 Å². The SMILES string of the molecule is CCC1CNC(CC(C)C)CN1Cc1cnc(C)cn1. The molecule has 1 N–H and O–H groups in total. The Balaban J connectivity index is 1.99. The number of hydrogen-bond donors (Lipinski definition) is 1. The summed E-state index contributed by atoms with van der Waals surface area (Å²) in [5.74, 6) is 0.742. The maximum absolute atomic E-state index is 4.50. The summed E-state index contributed by atoms with van der Waals surface area (Å²) >= 11 is 0. The molecular weight excluding hydrogens is 248 g/mol. The highest BCUT2D eigenvalue weighted by Gasteiger charge is 2.27. The van der Waals surface area contributed by atoms with E-state index in [9.17, 15) is 0 Å². The maximum Gasteiger partial charge on any atom is 0.0727 e. The number of hydrogen-bond acceptors (Lipinski definition) is 4. The van der Waals surface area contributed by atoms with Gasteiger partial charge in [-0.05, 0) is 25.7 Å². The second-order valence-electron chi connectivity index (χ2n) is 6.38. The van der Waals surface area contributed by atoms with E-state index < -0.39 is 0 Å². The molecule has 1 saturated heterocycles. The van der Waals surface area contributed by atoms with Gasteiger partial charge in [-0.1, -0.05) is 20.8 Å². The first-order valence-corrected chi connectivity index (χ1v) is 7.83. The molecule has 4 nitrogen and oxygen atoms in total. The number of nitrogens with one attached hydrogen (secondary N) is 1. The van der Waals surface area contributed by atoms with Gasteiger partial charge < -0.3 is 5.32 Å². The first-order valence-electron chi connectivity index (χ1n) is 7.83. The van der Waals surface area contributed by atoms with E-state index in [1.165, 1.54) is 12.8 Å². The molecule has 0 spiro atoms. The summed E-state index contributed by atoms with van der Waals surface area (Å²) in [5.41, 5.74) is 2.07. The molecule has 112 valence electrons. The van der Waals surface area contributed by atoms with Crippen molar-refractivity contribution >= 4 is 0 Å². The Hall–Kier alpha value is -1.00. The van der Waals surface area contributed by atoms with Gasteiger partial charge in [0.2, 0.25) is 0 Å². The third-order valence-corrected chi connectivity index (χ3v) is 4.04. The molecule has 0 amide bonds. The van der Waals surface area contributed by atoms with Crippen molar-refractivity contribution in [3.8, 4) is 0 Å². The summed E-state index contributed by atoms with van der Waals surface area (Å²) in [5, 5.41) is 3.70. The minimum absolute atomic E-state index is 0.608. The highest BCUT2D eigenvalue weighted by Crippen LogP contribution is 2.17. The second kappa shape index (κ2) is 7.14. The predicted molar refractivity (Wildman–Crippen MR) is 82.5 cm³/mol. The van der Waals surface area contributed by atoms with E-state index in [0.29, 0.717) is 12.1 Å². The Morgan fingerprint density at radius 2 is 2.15 bits per heavy atom. The molecule has 2 unspecified atom stereocenters. The lowest BCUT2D eigenvalue weighted by Crippen LogP contribution is -2.56. The molecule has 2 heterocycles. The summed E-state index contributed by atoms with van der Waals surface area (Å²) in [7, 11) is 0. The second-order valence-corrected chi connectivity index (χ2v) is 6.38. The van der Waals surface area contributed by atoms with Crippen molar-refractivity contribution in [3.63, 3.8) is 0 Å². The third-order valence-electron chi connectivity index (χ3n) is 4.04. The van der Waals surface area contributed by atoms with Crippen LogP contribution in [0.3, 0.4) is 0 Å². The number of aromatic nitrogens is 2. The van der Waals surface area contributed by atoms with Gasteiger partial charge in [-0.2, -0.15) is 0 Å². The summed E-state index contributed by atoms with van der Waals surface area (Å²) in [6, 6.07) is 1.22. The Bertz CT molecular complexity index is 401. The number of piperazine rings is 1. The zero-order valence-electron chi connectivity index (χ0n) is 13.3. The zero-order valence-corrected chi connectivity index (χ0v) is 13.3. The third kappa shape index (κ3) is 4.25. The van der Waals surface area contributed by atoms with Crippen LogP contribution in [0.15, 0.2) is 12.4 Å². The fraction of sp³-hybridized carbons (Fsp3) is 0.750. The maximum atomic E-state index is 4.50. The normalized spacial score (nSPS) is 24.2. The van der Waals surface area contributed by atoms with Crippen LogP contribution in [0, 0.1) is 12.8 Å². The predicted octanol–water partition coefficient (Wildman–Crippen LogP) is 2.38. The smallest absolute Gasteiger partial charge is 0.0727 e. The lowest BCUT2D eigenvalue weighted by atomic mass is 9.99. The van der Waals surface area contributed by atoms with E-state index in [1.807, 2.05) is 19.3 Å². The Kier molecular flexibility index (Phi) is 5.49. The molecule has 0 radical (unpaired) electrons. The Morgan fingerprint density at radius 3 is 2.75 bits per heavy atom. The average molecular weight is 276 g/mol. The molecule has 2 rings (SSSR count). The van der Waals surface area contributed by atoms with Crippen LogP contribution in [0.4, 0.5) is 0 Å². The van der Waals surface area contributed by atoms with Crippen molar-refractivity contribution in [2.45, 2.75) is 59.2 Å². The molecular formula is C16H28N4. The standard InChI is InChI=1S/C16H28N4/c1-5-16-9-19-14(6-12(2)3)10-20(16)11-15-8-17-13(4)7-18-15/h7-8,12,14,16,19H,5-6,9-11H2,1-4H3. The van der Waals surface area contributed by atoms with Crippen molar-refractivity contribution in [1.29, 1.82) is 0 Å². The van der Waals surface area contributed by atoms with Crippen molar-refractivity contribution in [3.05, 3.63) is 23.8 Å². The molecule has 1 fully saturated rings. The van der Waals surface area contributed by atoms with Crippen LogP contribution in [-0.4, -0.2) is 40.0 Å². The van der Waals surface area contributed by atoms with Crippen molar-refractivity contribution in [2.75, 3.05) is 13.1 Å². The van der Waals surface area contributed by atoms with Gasteiger partial charge >= 0.3 is 0 Å². The lowest BCUT2D eigenvalue weighted by Gasteiger charge is -2.40. The molecule has 1 aliphatic rings. The quantitative estimate of drug-likeness (QED) is 0.896. The van der Waals surface area contributed by atoms with Gasteiger partial charge in [0.25, 0.3) is 0 Å². The van der Waals surface area contributed by atoms with Crippen molar-refractivity contribution < 1.29 is 0 Å². The minimum atomic E-state index is 0.608. The first kappa shape index (κ1) is 15.4. The van der Waals surface area contributed by atoms with Crippen LogP contribution in [-0.2, 0) is 6.54 Å². The van der Waals surface area contributed by atoms with E-state index >= 15 is 0 Å². The molecule has 0 bridgehead atoms. The molecule has 0 aromatic carbocycles. The molecule has 0 aliphatic carbocycles. The van der Waals surface area contributed by atoms with Gasteiger partial charge in [-0.3, -0.25) is 14.9 Å². The summed E-state index contributed by atoms with van der Waals surface area (Å²) in [6.45, 7) is 12.0. The van der Waals surface area contributed by atoms with Crippen molar-refractivity contribution in [1.82, 2.24) is 20.2 Å². The monoisotopic (exact) mass is 276 g/mol. The number of aryl methyl sites for hydroxylation is 1. The largest absolute Gasteiger partial charge is 0.311 e. The molecule has 1 aromatic heterocycles. The molecule has 2 atom stereocenters. The summed E-state index contributed by atoms with van der Waals surface area (Å²) in [6.07, 6.45) is 6.21. The lowest BCUT2D eigenvalue weighted by molar-refractivity contribution is 0.110. The van der Waals surface area contributed by atoms with Gasteiger partial charge in [0.15, 0.2) is 0 Å². The fourth-order valence-corrected chi connectivity index (χ4v) is 2.96. The highest BCUT2D eigenvalue weighted by atomic mass is 15.2. The molecule has 0 saturated carbocycles. The van der Waals surface area contributed by atoms with E-state index in [0.717, 1.165) is 36.9 Å². The minimum Gasteiger partial charge on any atom is -0.311 e. The van der Waals surface area contributed by atoms with Gasteiger partial charge in [0.1, 0.15) is 0 Å². The molecule has 20 heavy (non-hydrogen) atoms. The van der Waals surface area contributed by atoms with Gasteiger partial charge in [-0.15, -0.1) is 0 Å². The average Bonchev–Trinajstić information content (AvgIpc) is 2.41. The van der Waals surface area contributed by atoms with E-state index in [2.05, 4.69) is 41.0 Å². The van der Waals surface area contributed by atoms with Gasteiger partial charge in [-0.25, -0.2) is 0 Å². The van der Waals surface area contributed by atoms with Crippen LogP contribution in [0.25, 0.3) is 0 Å². The Morgan fingerprint density at radius 1 is 1.35 bits per heavy atom. The van der Waals surface area contributed by atoms with Crippen LogP contribution < -0.4 is 5.32 Å². The molecule has 1 aromatic rings. The number of nitrogens with zero attached hydrogens (tertiary/aromatic N) is 3. The van der Waals surface area contributed by atoms with Gasteiger partial charge in [0, 0.05) is 44.1 Å². The first-order chi connectivity index (χ1) is 9.58. The van der Waals surface area contributed by atoms with Crippen LogP contribution in [0.2, 0.25) is 0 Å². The Labute approximate surface area is 123 Å². The van der Waals surface area contributed by atoms with Crippen LogP contribution >= 0.6 is 0 Å².